The standard InChI is InChI=1S/C22H26N6O2Si/c1-23-20-15-27(21-25-9-10-26(21)16-30-11-12-31(2,3)4)22(29)28(20)19-14-24-13-17-7-5-6-8-18(17)19/h5-10,13-14,20H,11-12,15-16H2,2-4H3. The maximum absolute atomic E-state index is 13.4. The van der Waals surface area contributed by atoms with Crippen LogP contribution in [0.25, 0.3) is 15.6 Å². The Morgan fingerprint density at radius 3 is 2.84 bits per heavy atom. The molecule has 4 rings (SSSR count). The average Bonchev–Trinajstić information content (AvgIpc) is 3.33. The van der Waals surface area contributed by atoms with E-state index in [0.717, 1.165) is 16.8 Å². The molecule has 0 bridgehead atoms. The summed E-state index contributed by atoms with van der Waals surface area (Å²) in [5.74, 6) is 0.488. The van der Waals surface area contributed by atoms with E-state index < -0.39 is 14.2 Å². The monoisotopic (exact) mass is 434 g/mol. The van der Waals surface area contributed by atoms with Gasteiger partial charge < -0.3 is 4.74 Å². The van der Waals surface area contributed by atoms with E-state index in [-0.39, 0.29) is 12.6 Å². The number of imidazole rings is 1. The van der Waals surface area contributed by atoms with E-state index in [4.69, 9.17) is 11.3 Å². The van der Waals surface area contributed by atoms with E-state index in [2.05, 4.69) is 34.5 Å². The topological polar surface area (TPSA) is 67.9 Å². The van der Waals surface area contributed by atoms with Crippen LogP contribution in [0.15, 0.2) is 49.1 Å². The van der Waals surface area contributed by atoms with Gasteiger partial charge in [-0.2, -0.15) is 0 Å². The molecule has 0 saturated carbocycles. The number of carbonyl (C=O) groups is 1. The van der Waals surface area contributed by atoms with Crippen molar-refractivity contribution in [2.45, 2.75) is 38.6 Å². The highest BCUT2D eigenvalue weighted by molar-refractivity contribution is 6.76. The molecule has 0 spiro atoms. The molecule has 0 aliphatic carbocycles. The lowest BCUT2D eigenvalue weighted by molar-refractivity contribution is 0.0881. The largest absolute Gasteiger partial charge is 0.361 e. The zero-order valence-electron chi connectivity index (χ0n) is 18.0. The molecule has 8 nitrogen and oxygen atoms in total. The summed E-state index contributed by atoms with van der Waals surface area (Å²) in [6.07, 6.45) is 6.20. The third kappa shape index (κ3) is 4.31. The number of pyridine rings is 1. The van der Waals surface area contributed by atoms with Gasteiger partial charge in [0, 0.05) is 44.0 Å². The number of urea groups is 1. The summed E-state index contributed by atoms with van der Waals surface area (Å²) >= 11 is 0. The van der Waals surface area contributed by atoms with Crippen molar-refractivity contribution in [3.8, 4) is 0 Å². The summed E-state index contributed by atoms with van der Waals surface area (Å²) in [6.45, 7) is 15.8. The molecular formula is C22H26N6O2Si. The van der Waals surface area contributed by atoms with Gasteiger partial charge in [0.2, 0.25) is 5.95 Å². The van der Waals surface area contributed by atoms with E-state index in [1.54, 1.807) is 29.7 Å². The SMILES string of the molecule is [C-]#[N+]C1CN(c2nccn2COCC[Si](C)(C)C)C(=O)N1c1cncc2ccccc12. The Bertz CT molecular complexity index is 1130. The maximum Gasteiger partial charge on any atom is 0.337 e. The highest BCUT2D eigenvalue weighted by Crippen LogP contribution is 2.33. The minimum absolute atomic E-state index is 0.234. The van der Waals surface area contributed by atoms with Gasteiger partial charge in [-0.05, 0) is 6.04 Å². The van der Waals surface area contributed by atoms with E-state index in [1.165, 1.54) is 4.90 Å². The number of fused-ring (bicyclic) bond motifs is 1. The summed E-state index contributed by atoms with van der Waals surface area (Å²) < 4.78 is 7.66. The number of carbonyl (C=O) groups excluding carboxylic acids is 1. The van der Waals surface area contributed by atoms with Crippen molar-refractivity contribution in [1.29, 1.82) is 0 Å². The molecular weight excluding hydrogens is 408 g/mol. The van der Waals surface area contributed by atoms with Crippen LogP contribution in [0.1, 0.15) is 0 Å². The number of benzene rings is 1. The first-order valence-electron chi connectivity index (χ1n) is 10.3. The van der Waals surface area contributed by atoms with Crippen LogP contribution in [0.5, 0.6) is 0 Å². The van der Waals surface area contributed by atoms with Crippen molar-refractivity contribution >= 4 is 36.5 Å². The van der Waals surface area contributed by atoms with Gasteiger partial charge in [0.1, 0.15) is 13.3 Å². The fourth-order valence-corrected chi connectivity index (χ4v) is 4.35. The number of ether oxygens (including phenoxy) is 1. The van der Waals surface area contributed by atoms with Gasteiger partial charge in [-0.15, -0.1) is 0 Å². The third-order valence-electron chi connectivity index (χ3n) is 5.30. The minimum atomic E-state index is -1.17. The summed E-state index contributed by atoms with van der Waals surface area (Å²) in [5.41, 5.74) is 0.635. The van der Waals surface area contributed by atoms with Gasteiger partial charge in [0.15, 0.2) is 0 Å². The number of hydrogen-bond donors (Lipinski definition) is 0. The van der Waals surface area contributed by atoms with E-state index >= 15 is 0 Å². The molecule has 1 saturated heterocycles. The Kier molecular flexibility index (Phi) is 5.76. The van der Waals surface area contributed by atoms with Gasteiger partial charge in [0.05, 0.1) is 11.9 Å². The molecule has 2 amide bonds. The molecule has 1 unspecified atom stereocenters. The van der Waals surface area contributed by atoms with Gasteiger partial charge in [-0.3, -0.25) is 19.3 Å². The van der Waals surface area contributed by atoms with E-state index in [0.29, 0.717) is 25.0 Å². The molecule has 1 aliphatic heterocycles. The number of anilines is 2. The normalized spacial score (nSPS) is 16.8. The van der Waals surface area contributed by atoms with Crippen LogP contribution in [-0.2, 0) is 11.5 Å². The van der Waals surface area contributed by atoms with Crippen molar-refractivity contribution in [3.63, 3.8) is 0 Å². The number of rotatable bonds is 7. The van der Waals surface area contributed by atoms with Crippen molar-refractivity contribution in [3.05, 3.63) is 60.5 Å². The second-order valence-corrected chi connectivity index (χ2v) is 14.4. The molecule has 3 heterocycles. The van der Waals surface area contributed by atoms with Gasteiger partial charge >= 0.3 is 12.2 Å². The van der Waals surface area contributed by atoms with Crippen molar-refractivity contribution in [2.75, 3.05) is 23.0 Å². The van der Waals surface area contributed by atoms with Crippen LogP contribution in [-0.4, -0.2) is 48.0 Å². The summed E-state index contributed by atoms with van der Waals surface area (Å²) in [5, 5.41) is 1.81. The van der Waals surface area contributed by atoms with Crippen LogP contribution < -0.4 is 9.80 Å². The van der Waals surface area contributed by atoms with Crippen molar-refractivity contribution < 1.29 is 9.53 Å². The molecule has 1 aliphatic rings. The summed E-state index contributed by atoms with van der Waals surface area (Å²) in [6, 6.07) is 8.52. The predicted octanol–water partition coefficient (Wildman–Crippen LogP) is 4.44. The smallest absolute Gasteiger partial charge is 0.337 e. The fraction of sp³-hybridized carbons (Fsp3) is 0.364. The zero-order valence-corrected chi connectivity index (χ0v) is 19.0. The van der Waals surface area contributed by atoms with Crippen LogP contribution in [0.4, 0.5) is 16.4 Å². The Morgan fingerprint density at radius 2 is 2.06 bits per heavy atom. The Hall–Kier alpha value is -3.22. The maximum atomic E-state index is 13.4. The number of aromatic nitrogens is 3. The zero-order chi connectivity index (χ0) is 22.0. The van der Waals surface area contributed by atoms with Gasteiger partial charge in [0.25, 0.3) is 0 Å². The Balaban J connectivity index is 1.58. The number of amides is 2. The van der Waals surface area contributed by atoms with Gasteiger partial charge in [-0.1, -0.05) is 43.9 Å². The lowest BCUT2D eigenvalue weighted by Crippen LogP contribution is -2.35. The Morgan fingerprint density at radius 1 is 1.26 bits per heavy atom. The summed E-state index contributed by atoms with van der Waals surface area (Å²) in [7, 11) is -1.17. The number of hydrogen-bond acceptors (Lipinski definition) is 4. The highest BCUT2D eigenvalue weighted by atomic mass is 28.3. The van der Waals surface area contributed by atoms with Crippen LogP contribution in [0.3, 0.4) is 0 Å². The number of nitrogens with zero attached hydrogens (tertiary/aromatic N) is 6. The highest BCUT2D eigenvalue weighted by Gasteiger charge is 2.45. The summed E-state index contributed by atoms with van der Waals surface area (Å²) in [4.78, 5) is 28.9. The molecule has 160 valence electrons. The fourth-order valence-electron chi connectivity index (χ4n) is 3.59. The van der Waals surface area contributed by atoms with E-state index in [1.807, 2.05) is 28.8 Å². The molecule has 1 fully saturated rings. The van der Waals surface area contributed by atoms with Crippen LogP contribution in [0, 0.1) is 6.57 Å². The second kappa shape index (κ2) is 8.49. The first-order valence-corrected chi connectivity index (χ1v) is 14.0. The van der Waals surface area contributed by atoms with Gasteiger partial charge in [-0.25, -0.2) is 21.3 Å². The van der Waals surface area contributed by atoms with E-state index in [9.17, 15) is 4.79 Å². The second-order valence-electron chi connectivity index (χ2n) is 8.80. The molecule has 2 aromatic heterocycles. The first-order chi connectivity index (χ1) is 14.9. The molecule has 31 heavy (non-hydrogen) atoms. The molecule has 9 heteroatoms. The molecule has 1 aromatic carbocycles. The molecule has 3 aromatic rings. The lowest BCUT2D eigenvalue weighted by Gasteiger charge is -2.19. The average molecular weight is 435 g/mol. The van der Waals surface area contributed by atoms with Crippen molar-refractivity contribution in [2.24, 2.45) is 0 Å². The molecule has 1 atom stereocenters. The third-order valence-corrected chi connectivity index (χ3v) is 7.00. The Labute approximate surface area is 182 Å². The predicted molar refractivity (Wildman–Crippen MR) is 124 cm³/mol. The molecule has 0 N–H and O–H groups in total. The van der Waals surface area contributed by atoms with Crippen LogP contribution in [0.2, 0.25) is 25.7 Å². The van der Waals surface area contributed by atoms with Crippen LogP contribution >= 0.6 is 0 Å². The first kappa shape index (κ1) is 21.0. The minimum Gasteiger partial charge on any atom is -0.361 e. The molecule has 0 radical (unpaired) electrons. The quantitative estimate of drug-likeness (QED) is 0.313. The van der Waals surface area contributed by atoms with Crippen molar-refractivity contribution in [1.82, 2.24) is 14.5 Å². The lowest BCUT2D eigenvalue weighted by atomic mass is 10.1.